The maximum absolute atomic E-state index is 12.5. The molecule has 0 saturated carbocycles. The van der Waals surface area contributed by atoms with Crippen molar-refractivity contribution in [1.82, 2.24) is 15.5 Å². The number of hydrogen-bond donors (Lipinski definition) is 1. The Morgan fingerprint density at radius 3 is 2.29 bits per heavy atom. The quantitative estimate of drug-likeness (QED) is 0.919. The Labute approximate surface area is 121 Å². The predicted octanol–water partition coefficient (Wildman–Crippen LogP) is 3.39. The fraction of sp³-hybridized carbons (Fsp3) is 0.333. The normalized spacial score (nSPS) is 13.1. The highest BCUT2D eigenvalue weighted by atomic mass is 19.4. The van der Waals surface area contributed by atoms with Crippen LogP contribution in [0.2, 0.25) is 0 Å². The maximum atomic E-state index is 12.5. The van der Waals surface area contributed by atoms with Crippen LogP contribution in [0, 0.1) is 0 Å². The topological polar surface area (TPSA) is 37.8 Å². The Kier molecular flexibility index (Phi) is 4.90. The van der Waals surface area contributed by atoms with Crippen LogP contribution in [0.4, 0.5) is 13.2 Å². The highest BCUT2D eigenvalue weighted by molar-refractivity contribution is 5.21. The van der Waals surface area contributed by atoms with Gasteiger partial charge in [0.25, 0.3) is 0 Å². The van der Waals surface area contributed by atoms with E-state index in [2.05, 4.69) is 15.5 Å². The van der Waals surface area contributed by atoms with Gasteiger partial charge in [-0.3, -0.25) is 0 Å². The lowest BCUT2D eigenvalue weighted by atomic mass is 10.0. The third kappa shape index (κ3) is 4.26. The molecule has 1 unspecified atom stereocenters. The smallest absolute Gasteiger partial charge is 0.310 e. The lowest BCUT2D eigenvalue weighted by Crippen LogP contribution is -2.23. The van der Waals surface area contributed by atoms with Gasteiger partial charge < -0.3 is 5.32 Å². The molecule has 0 aliphatic heterocycles. The van der Waals surface area contributed by atoms with Crippen molar-refractivity contribution in [2.24, 2.45) is 0 Å². The summed E-state index contributed by atoms with van der Waals surface area (Å²) in [6.07, 6.45) is -3.96. The zero-order chi connectivity index (χ0) is 15.3. The third-order valence-corrected chi connectivity index (χ3v) is 3.08. The van der Waals surface area contributed by atoms with E-state index < -0.39 is 11.9 Å². The van der Waals surface area contributed by atoms with E-state index in [1.807, 2.05) is 37.3 Å². The van der Waals surface area contributed by atoms with Crippen molar-refractivity contribution < 1.29 is 13.2 Å². The van der Waals surface area contributed by atoms with Gasteiger partial charge in [-0.15, -0.1) is 5.10 Å². The standard InChI is InChI=1S/C15H16F3N3/c1-2-19-13(11-6-4-3-5-7-11)10-12-8-9-14(21-20-12)15(16,17)18/h3-9,13,19H,2,10H2,1H3. The highest BCUT2D eigenvalue weighted by Gasteiger charge is 2.32. The molecule has 0 saturated heterocycles. The molecule has 2 rings (SSSR count). The van der Waals surface area contributed by atoms with Crippen LogP contribution in [0.5, 0.6) is 0 Å². The van der Waals surface area contributed by atoms with Crippen LogP contribution < -0.4 is 5.32 Å². The largest absolute Gasteiger partial charge is 0.435 e. The number of nitrogens with one attached hydrogen (secondary N) is 1. The summed E-state index contributed by atoms with van der Waals surface area (Å²) in [4.78, 5) is 0. The van der Waals surface area contributed by atoms with Crippen LogP contribution >= 0.6 is 0 Å². The summed E-state index contributed by atoms with van der Waals surface area (Å²) in [5.41, 5.74) is 0.629. The SMILES string of the molecule is CCNC(Cc1ccc(C(F)(F)F)nn1)c1ccccc1. The number of hydrogen-bond acceptors (Lipinski definition) is 3. The van der Waals surface area contributed by atoms with E-state index in [4.69, 9.17) is 0 Å². The van der Waals surface area contributed by atoms with E-state index >= 15 is 0 Å². The van der Waals surface area contributed by atoms with Crippen molar-refractivity contribution in [3.8, 4) is 0 Å². The van der Waals surface area contributed by atoms with Gasteiger partial charge in [-0.2, -0.15) is 18.3 Å². The second kappa shape index (κ2) is 6.67. The third-order valence-electron chi connectivity index (χ3n) is 3.08. The van der Waals surface area contributed by atoms with Crippen LogP contribution in [-0.4, -0.2) is 16.7 Å². The molecular formula is C15H16F3N3. The molecule has 0 radical (unpaired) electrons. The molecule has 0 spiro atoms. The zero-order valence-electron chi connectivity index (χ0n) is 11.6. The number of halogens is 3. The van der Waals surface area contributed by atoms with Crippen LogP contribution in [0.3, 0.4) is 0 Å². The number of rotatable bonds is 5. The molecule has 2 aromatic rings. The van der Waals surface area contributed by atoms with Crippen molar-refractivity contribution in [3.05, 3.63) is 59.4 Å². The Morgan fingerprint density at radius 1 is 1.05 bits per heavy atom. The Balaban J connectivity index is 2.14. The van der Waals surface area contributed by atoms with E-state index in [0.29, 0.717) is 12.1 Å². The molecule has 1 aromatic carbocycles. The van der Waals surface area contributed by atoms with Crippen molar-refractivity contribution in [1.29, 1.82) is 0 Å². The van der Waals surface area contributed by atoms with Gasteiger partial charge in [-0.05, 0) is 24.2 Å². The highest BCUT2D eigenvalue weighted by Crippen LogP contribution is 2.27. The minimum Gasteiger partial charge on any atom is -0.310 e. The van der Waals surface area contributed by atoms with Gasteiger partial charge in [-0.1, -0.05) is 37.3 Å². The minimum atomic E-state index is -4.45. The average Bonchev–Trinajstić information content (AvgIpc) is 2.47. The van der Waals surface area contributed by atoms with E-state index in [9.17, 15) is 13.2 Å². The molecule has 0 aliphatic rings. The molecule has 3 nitrogen and oxygen atoms in total. The van der Waals surface area contributed by atoms with Crippen LogP contribution in [0.1, 0.15) is 29.9 Å². The van der Waals surface area contributed by atoms with E-state index in [0.717, 1.165) is 18.2 Å². The molecule has 0 amide bonds. The first kappa shape index (κ1) is 15.4. The summed E-state index contributed by atoms with van der Waals surface area (Å²) < 4.78 is 37.4. The lowest BCUT2D eigenvalue weighted by molar-refractivity contribution is -0.141. The first-order valence-electron chi connectivity index (χ1n) is 6.69. The van der Waals surface area contributed by atoms with Gasteiger partial charge in [0.1, 0.15) is 0 Å². The number of likely N-dealkylation sites (N-methyl/N-ethyl adjacent to an activating group) is 1. The minimum absolute atomic E-state index is 0.00207. The molecular weight excluding hydrogens is 279 g/mol. The van der Waals surface area contributed by atoms with Crippen molar-refractivity contribution in [2.45, 2.75) is 25.6 Å². The van der Waals surface area contributed by atoms with Gasteiger partial charge in [-0.25, -0.2) is 0 Å². The van der Waals surface area contributed by atoms with Crippen LogP contribution in [0.15, 0.2) is 42.5 Å². The summed E-state index contributed by atoms with van der Waals surface area (Å²) in [6.45, 7) is 2.74. The molecule has 1 N–H and O–H groups in total. The summed E-state index contributed by atoms with van der Waals surface area (Å²) in [7, 11) is 0. The lowest BCUT2D eigenvalue weighted by Gasteiger charge is -2.18. The first-order chi connectivity index (χ1) is 10.0. The average molecular weight is 295 g/mol. The molecule has 21 heavy (non-hydrogen) atoms. The molecule has 0 aliphatic carbocycles. The molecule has 6 heteroatoms. The first-order valence-corrected chi connectivity index (χ1v) is 6.69. The van der Waals surface area contributed by atoms with E-state index in [1.165, 1.54) is 6.07 Å². The summed E-state index contributed by atoms with van der Waals surface area (Å²) >= 11 is 0. The van der Waals surface area contributed by atoms with Crippen LogP contribution in [-0.2, 0) is 12.6 Å². The number of benzene rings is 1. The Morgan fingerprint density at radius 2 is 1.76 bits per heavy atom. The predicted molar refractivity (Wildman–Crippen MR) is 73.6 cm³/mol. The monoisotopic (exact) mass is 295 g/mol. The summed E-state index contributed by atoms with van der Waals surface area (Å²) in [5.74, 6) is 0. The Bertz CT molecular complexity index is 553. The van der Waals surface area contributed by atoms with Gasteiger partial charge in [0, 0.05) is 12.5 Å². The number of nitrogens with zero attached hydrogens (tertiary/aromatic N) is 2. The summed E-state index contributed by atoms with van der Waals surface area (Å²) in [6, 6.07) is 12.1. The van der Waals surface area contributed by atoms with E-state index in [-0.39, 0.29) is 6.04 Å². The van der Waals surface area contributed by atoms with Gasteiger partial charge in [0.2, 0.25) is 0 Å². The number of alkyl halides is 3. The van der Waals surface area contributed by atoms with Gasteiger partial charge >= 0.3 is 6.18 Å². The van der Waals surface area contributed by atoms with Gasteiger partial charge in [0.15, 0.2) is 5.69 Å². The second-order valence-electron chi connectivity index (χ2n) is 4.63. The van der Waals surface area contributed by atoms with Crippen molar-refractivity contribution in [3.63, 3.8) is 0 Å². The molecule has 0 fully saturated rings. The van der Waals surface area contributed by atoms with E-state index in [1.54, 1.807) is 0 Å². The second-order valence-corrected chi connectivity index (χ2v) is 4.63. The maximum Gasteiger partial charge on any atom is 0.435 e. The fourth-order valence-corrected chi connectivity index (χ4v) is 2.07. The molecule has 1 aromatic heterocycles. The van der Waals surface area contributed by atoms with Gasteiger partial charge in [0.05, 0.1) is 5.69 Å². The molecule has 1 heterocycles. The Hall–Kier alpha value is -1.95. The van der Waals surface area contributed by atoms with Crippen molar-refractivity contribution >= 4 is 0 Å². The molecule has 0 bridgehead atoms. The fourth-order valence-electron chi connectivity index (χ4n) is 2.07. The molecule has 112 valence electrons. The number of aromatic nitrogens is 2. The van der Waals surface area contributed by atoms with Crippen molar-refractivity contribution in [2.75, 3.05) is 6.54 Å². The zero-order valence-corrected chi connectivity index (χ0v) is 11.6. The summed E-state index contributed by atoms with van der Waals surface area (Å²) in [5, 5.41) is 10.2. The molecule has 1 atom stereocenters. The van der Waals surface area contributed by atoms with Crippen LogP contribution in [0.25, 0.3) is 0 Å².